The first-order valence-electron chi connectivity index (χ1n) is 9.30. The normalized spacial score (nSPS) is 13.2. The van der Waals surface area contributed by atoms with Gasteiger partial charge in [-0.05, 0) is 66.6 Å². The molecule has 0 radical (unpaired) electrons. The Morgan fingerprint density at radius 2 is 1.00 bits per heavy atom. The monoisotopic (exact) mass is 416 g/mol. The zero-order valence-corrected chi connectivity index (χ0v) is 19.3. The number of aromatic hydroxyl groups is 1. The maximum Gasteiger partial charge on any atom is 0.137 e. The van der Waals surface area contributed by atoms with Gasteiger partial charge in [0.2, 0.25) is 0 Å². The van der Waals surface area contributed by atoms with Gasteiger partial charge in [0.25, 0.3) is 0 Å². The number of benzene rings is 2. The van der Waals surface area contributed by atoms with Crippen LogP contribution in [0.25, 0.3) is 11.1 Å². The summed E-state index contributed by atoms with van der Waals surface area (Å²) in [7, 11) is 0. The Balaban J connectivity index is 2.82. The van der Waals surface area contributed by atoms with Gasteiger partial charge in [0.05, 0.1) is 4.47 Å². The smallest absolute Gasteiger partial charge is 0.137 e. The molecule has 2 aromatic carbocycles. The molecule has 0 amide bonds. The molecular weight excluding hydrogens is 384 g/mol. The Labute approximate surface area is 168 Å². The van der Waals surface area contributed by atoms with Gasteiger partial charge < -0.3 is 5.11 Å². The molecule has 0 unspecified atom stereocenters. The highest BCUT2D eigenvalue weighted by Gasteiger charge is 2.23. The van der Waals surface area contributed by atoms with Gasteiger partial charge in [-0.25, -0.2) is 0 Å². The summed E-state index contributed by atoms with van der Waals surface area (Å²) in [6.45, 7) is 20.0. The summed E-state index contributed by atoms with van der Waals surface area (Å²) in [5.74, 6) is 0.309. The van der Waals surface area contributed by atoms with Crippen molar-refractivity contribution >= 4 is 15.9 Å². The first-order chi connectivity index (χ1) is 11.6. The molecule has 0 saturated heterocycles. The van der Waals surface area contributed by atoms with Crippen LogP contribution in [0.15, 0.2) is 34.8 Å². The fraction of sp³-hybridized carbons (Fsp3) is 0.500. The van der Waals surface area contributed by atoms with E-state index in [1.807, 2.05) is 6.07 Å². The molecule has 142 valence electrons. The van der Waals surface area contributed by atoms with Crippen LogP contribution in [-0.4, -0.2) is 5.11 Å². The Hall–Kier alpha value is -1.28. The van der Waals surface area contributed by atoms with Crippen molar-refractivity contribution in [3.05, 3.63) is 51.5 Å². The van der Waals surface area contributed by atoms with Crippen molar-refractivity contribution in [3.63, 3.8) is 0 Å². The lowest BCUT2D eigenvalue weighted by molar-refractivity contribution is 0.472. The molecule has 2 heteroatoms. The molecule has 1 nitrogen and oxygen atoms in total. The standard InChI is InChI=1S/C24H33BrO/c1-22(2,3)16-10-15(11-17(12-16)23(4,5)6)19-13-18(24(7,8)9)14-20(25)21(19)26/h10-14,26H,1-9H3. The molecule has 0 spiro atoms. The maximum absolute atomic E-state index is 10.8. The second kappa shape index (κ2) is 6.71. The molecule has 2 aromatic rings. The van der Waals surface area contributed by atoms with Crippen molar-refractivity contribution in [1.29, 1.82) is 0 Å². The fourth-order valence-electron chi connectivity index (χ4n) is 2.90. The third-order valence-corrected chi connectivity index (χ3v) is 5.51. The summed E-state index contributed by atoms with van der Waals surface area (Å²) in [5, 5.41) is 10.8. The Morgan fingerprint density at radius 3 is 1.38 bits per heavy atom. The first kappa shape index (κ1) is 21.0. The van der Waals surface area contributed by atoms with E-state index in [1.165, 1.54) is 16.7 Å². The lowest BCUT2D eigenvalue weighted by Crippen LogP contribution is -2.16. The lowest BCUT2D eigenvalue weighted by Gasteiger charge is -2.27. The molecule has 2 rings (SSSR count). The van der Waals surface area contributed by atoms with Crippen molar-refractivity contribution in [2.75, 3.05) is 0 Å². The molecule has 0 aliphatic carbocycles. The van der Waals surface area contributed by atoms with E-state index in [-0.39, 0.29) is 16.2 Å². The van der Waals surface area contributed by atoms with Crippen LogP contribution in [0.3, 0.4) is 0 Å². The molecule has 0 aliphatic heterocycles. The molecule has 0 aliphatic rings. The van der Waals surface area contributed by atoms with Crippen LogP contribution >= 0.6 is 15.9 Å². The molecule has 0 heterocycles. The van der Waals surface area contributed by atoms with Crippen LogP contribution in [0.2, 0.25) is 0 Å². The largest absolute Gasteiger partial charge is 0.506 e. The van der Waals surface area contributed by atoms with E-state index in [4.69, 9.17) is 0 Å². The van der Waals surface area contributed by atoms with Crippen molar-refractivity contribution in [2.24, 2.45) is 0 Å². The van der Waals surface area contributed by atoms with E-state index in [0.717, 1.165) is 15.6 Å². The van der Waals surface area contributed by atoms with Crippen LogP contribution < -0.4 is 0 Å². The molecular formula is C24H33BrO. The maximum atomic E-state index is 10.8. The Kier molecular flexibility index (Phi) is 5.43. The molecule has 1 N–H and O–H groups in total. The van der Waals surface area contributed by atoms with Gasteiger partial charge in [-0.15, -0.1) is 0 Å². The minimum Gasteiger partial charge on any atom is -0.506 e. The van der Waals surface area contributed by atoms with E-state index in [0.29, 0.717) is 5.75 Å². The molecule has 0 fully saturated rings. The topological polar surface area (TPSA) is 20.2 Å². The van der Waals surface area contributed by atoms with Gasteiger partial charge >= 0.3 is 0 Å². The number of hydrogen-bond acceptors (Lipinski definition) is 1. The quantitative estimate of drug-likeness (QED) is 0.504. The van der Waals surface area contributed by atoms with Gasteiger partial charge in [-0.3, -0.25) is 0 Å². The highest BCUT2D eigenvalue weighted by Crippen LogP contribution is 2.42. The fourth-order valence-corrected chi connectivity index (χ4v) is 3.36. The van der Waals surface area contributed by atoms with Crippen molar-refractivity contribution in [2.45, 2.75) is 78.6 Å². The van der Waals surface area contributed by atoms with E-state index in [2.05, 4.69) is 103 Å². The SMILES string of the molecule is CC(C)(C)c1cc(-c2cc(C(C)(C)C)cc(Br)c2O)cc(C(C)(C)C)c1. The number of hydrogen-bond donors (Lipinski definition) is 1. The first-order valence-corrected chi connectivity index (χ1v) is 10.1. The highest BCUT2D eigenvalue weighted by molar-refractivity contribution is 9.10. The second-order valence-electron chi connectivity index (χ2n) is 10.4. The van der Waals surface area contributed by atoms with Crippen molar-refractivity contribution < 1.29 is 5.11 Å². The zero-order valence-electron chi connectivity index (χ0n) is 17.7. The summed E-state index contributed by atoms with van der Waals surface area (Å²) < 4.78 is 0.749. The summed E-state index contributed by atoms with van der Waals surface area (Å²) in [6, 6.07) is 10.9. The number of halogens is 1. The Morgan fingerprint density at radius 1 is 0.615 bits per heavy atom. The zero-order chi connectivity index (χ0) is 20.1. The number of rotatable bonds is 1. The van der Waals surface area contributed by atoms with Gasteiger partial charge in [-0.2, -0.15) is 0 Å². The molecule has 0 aromatic heterocycles. The summed E-state index contributed by atoms with van der Waals surface area (Å²) in [6.07, 6.45) is 0. The van der Waals surface area contributed by atoms with Crippen LogP contribution in [0.1, 0.15) is 79.0 Å². The van der Waals surface area contributed by atoms with Gasteiger partial charge in [0, 0.05) is 5.56 Å². The predicted molar refractivity (Wildman–Crippen MR) is 117 cm³/mol. The molecule has 0 bridgehead atoms. The van der Waals surface area contributed by atoms with Crippen LogP contribution in [-0.2, 0) is 16.2 Å². The lowest BCUT2D eigenvalue weighted by atomic mass is 9.78. The number of phenols is 1. The molecule has 0 atom stereocenters. The summed E-state index contributed by atoms with van der Waals surface area (Å²) in [5.41, 5.74) is 5.85. The average molecular weight is 417 g/mol. The van der Waals surface area contributed by atoms with Gasteiger partial charge in [-0.1, -0.05) is 80.5 Å². The van der Waals surface area contributed by atoms with Gasteiger partial charge in [0.15, 0.2) is 0 Å². The van der Waals surface area contributed by atoms with Crippen LogP contribution in [0, 0.1) is 0 Å². The van der Waals surface area contributed by atoms with Crippen LogP contribution in [0.5, 0.6) is 5.75 Å². The molecule has 26 heavy (non-hydrogen) atoms. The van der Waals surface area contributed by atoms with Crippen molar-refractivity contribution in [1.82, 2.24) is 0 Å². The van der Waals surface area contributed by atoms with E-state index >= 15 is 0 Å². The summed E-state index contributed by atoms with van der Waals surface area (Å²) in [4.78, 5) is 0. The van der Waals surface area contributed by atoms with Crippen molar-refractivity contribution in [3.8, 4) is 16.9 Å². The third kappa shape index (κ3) is 4.52. The second-order valence-corrected chi connectivity index (χ2v) is 11.3. The van der Waals surface area contributed by atoms with Crippen LogP contribution in [0.4, 0.5) is 0 Å². The average Bonchev–Trinajstić information content (AvgIpc) is 2.46. The highest BCUT2D eigenvalue weighted by atomic mass is 79.9. The van der Waals surface area contributed by atoms with E-state index in [1.54, 1.807) is 0 Å². The predicted octanol–water partition coefficient (Wildman–Crippen LogP) is 7.71. The van der Waals surface area contributed by atoms with Gasteiger partial charge in [0.1, 0.15) is 5.75 Å². The molecule has 0 saturated carbocycles. The Bertz CT molecular complexity index is 780. The van der Waals surface area contributed by atoms with E-state index in [9.17, 15) is 5.11 Å². The minimum atomic E-state index is 0.0134. The minimum absolute atomic E-state index is 0.0134. The van der Waals surface area contributed by atoms with E-state index < -0.39 is 0 Å². The third-order valence-electron chi connectivity index (χ3n) is 4.91. The number of phenolic OH excluding ortho intramolecular Hbond substituents is 1. The summed E-state index contributed by atoms with van der Waals surface area (Å²) >= 11 is 3.55.